The Labute approximate surface area is 106 Å². The molecule has 0 radical (unpaired) electrons. The number of fused-ring (bicyclic) bond motifs is 1. The summed E-state index contributed by atoms with van der Waals surface area (Å²) in [5.41, 5.74) is 2.63. The Kier molecular flexibility index (Phi) is 3.23. The third-order valence-electron chi connectivity index (χ3n) is 3.13. The van der Waals surface area contributed by atoms with Crippen LogP contribution < -0.4 is 9.80 Å². The minimum absolute atomic E-state index is 0.00740. The lowest BCUT2D eigenvalue weighted by Crippen LogP contribution is -2.30. The first-order valence-corrected chi connectivity index (χ1v) is 5.83. The molecule has 18 heavy (non-hydrogen) atoms. The third-order valence-corrected chi connectivity index (χ3v) is 3.13. The summed E-state index contributed by atoms with van der Waals surface area (Å²) in [7, 11) is 1.72. The van der Waals surface area contributed by atoms with Gasteiger partial charge in [0.25, 0.3) is 0 Å². The Morgan fingerprint density at radius 1 is 1.39 bits per heavy atom. The number of nitrogens with zero attached hydrogens (tertiary/aromatic N) is 2. The summed E-state index contributed by atoms with van der Waals surface area (Å²) in [6.07, 6.45) is 0.331. The van der Waals surface area contributed by atoms with Crippen LogP contribution in [0, 0.1) is 6.92 Å². The van der Waals surface area contributed by atoms with Gasteiger partial charge in [0.05, 0.1) is 11.4 Å². The van der Waals surface area contributed by atoms with Gasteiger partial charge in [-0.1, -0.05) is 6.07 Å². The molecule has 0 spiro atoms. The smallest absolute Gasteiger partial charge is 0.323 e. The number of hydrogen-bond acceptors (Lipinski definition) is 3. The summed E-state index contributed by atoms with van der Waals surface area (Å²) in [5, 5.41) is 8.94. The van der Waals surface area contributed by atoms with Crippen molar-refractivity contribution < 1.29 is 14.7 Å². The van der Waals surface area contributed by atoms with Gasteiger partial charge in [0, 0.05) is 20.0 Å². The molecule has 1 aromatic carbocycles. The van der Waals surface area contributed by atoms with Crippen LogP contribution in [0.1, 0.15) is 12.0 Å². The zero-order valence-corrected chi connectivity index (χ0v) is 10.5. The molecule has 0 fully saturated rings. The van der Waals surface area contributed by atoms with Crippen molar-refractivity contribution in [2.24, 2.45) is 0 Å². The van der Waals surface area contributed by atoms with Gasteiger partial charge in [-0.2, -0.15) is 0 Å². The molecular weight excluding hydrogens is 232 g/mol. The number of aryl methyl sites for hydroxylation is 1. The fraction of sp³-hybridized carbons (Fsp3) is 0.385. The van der Waals surface area contributed by atoms with E-state index in [1.165, 1.54) is 0 Å². The molecule has 96 valence electrons. The van der Waals surface area contributed by atoms with Crippen LogP contribution in [0.3, 0.4) is 0 Å². The second-order valence-corrected chi connectivity index (χ2v) is 4.51. The van der Waals surface area contributed by atoms with E-state index in [1.807, 2.05) is 25.1 Å². The van der Waals surface area contributed by atoms with Crippen molar-refractivity contribution in [1.29, 1.82) is 0 Å². The molecule has 1 N–H and O–H groups in total. The first-order chi connectivity index (χ1) is 8.49. The van der Waals surface area contributed by atoms with E-state index < -0.39 is 5.97 Å². The molecular formula is C13H16N2O3. The van der Waals surface area contributed by atoms with Crippen molar-refractivity contribution in [3.63, 3.8) is 0 Å². The van der Waals surface area contributed by atoms with Crippen molar-refractivity contribution in [2.45, 2.75) is 13.3 Å². The van der Waals surface area contributed by atoms with Crippen molar-refractivity contribution in [2.75, 3.05) is 29.9 Å². The van der Waals surface area contributed by atoms with Crippen molar-refractivity contribution in [3.8, 4) is 0 Å². The van der Waals surface area contributed by atoms with Gasteiger partial charge in [0.15, 0.2) is 0 Å². The quantitative estimate of drug-likeness (QED) is 0.855. The number of carboxylic acids is 1. The lowest BCUT2D eigenvalue weighted by molar-refractivity contribution is -0.135. The van der Waals surface area contributed by atoms with E-state index in [2.05, 4.69) is 0 Å². The van der Waals surface area contributed by atoms with Gasteiger partial charge in [0.2, 0.25) is 5.91 Å². The number of benzene rings is 1. The fourth-order valence-electron chi connectivity index (χ4n) is 2.15. The Bertz CT molecular complexity index is 499. The van der Waals surface area contributed by atoms with Gasteiger partial charge >= 0.3 is 5.97 Å². The van der Waals surface area contributed by atoms with E-state index >= 15 is 0 Å². The van der Waals surface area contributed by atoms with Crippen molar-refractivity contribution in [3.05, 3.63) is 23.8 Å². The van der Waals surface area contributed by atoms with Crippen LogP contribution in [0.25, 0.3) is 0 Å². The van der Waals surface area contributed by atoms with Crippen molar-refractivity contribution >= 4 is 23.3 Å². The van der Waals surface area contributed by atoms with E-state index in [1.54, 1.807) is 16.8 Å². The molecule has 1 aliphatic rings. The minimum atomic E-state index is -0.889. The maximum atomic E-state index is 11.8. The zero-order chi connectivity index (χ0) is 13.3. The summed E-state index contributed by atoms with van der Waals surface area (Å²) < 4.78 is 0. The lowest BCUT2D eigenvalue weighted by atomic mass is 10.1. The van der Waals surface area contributed by atoms with E-state index in [4.69, 9.17) is 5.11 Å². The number of hydrogen-bond donors (Lipinski definition) is 1. The molecule has 1 heterocycles. The van der Waals surface area contributed by atoms with Gasteiger partial charge < -0.3 is 14.9 Å². The average molecular weight is 248 g/mol. The van der Waals surface area contributed by atoms with Gasteiger partial charge in [-0.05, 0) is 24.6 Å². The summed E-state index contributed by atoms with van der Waals surface area (Å²) in [6, 6.07) is 5.71. The molecule has 1 aliphatic heterocycles. The van der Waals surface area contributed by atoms with Crippen LogP contribution in [0.2, 0.25) is 0 Å². The number of rotatable bonds is 2. The largest absolute Gasteiger partial charge is 0.480 e. The maximum Gasteiger partial charge on any atom is 0.323 e. The molecule has 2 rings (SSSR count). The zero-order valence-electron chi connectivity index (χ0n) is 10.5. The normalized spacial score (nSPS) is 15.3. The molecule has 0 aromatic heterocycles. The maximum absolute atomic E-state index is 11.8. The van der Waals surface area contributed by atoms with Gasteiger partial charge in [-0.25, -0.2) is 0 Å². The minimum Gasteiger partial charge on any atom is -0.480 e. The van der Waals surface area contributed by atoms with Crippen molar-refractivity contribution in [1.82, 2.24) is 0 Å². The predicted octanol–water partition coefficient (Wildman–Crippen LogP) is 1.25. The van der Waals surface area contributed by atoms with Gasteiger partial charge in [0.1, 0.15) is 6.54 Å². The number of anilines is 2. The summed E-state index contributed by atoms with van der Waals surface area (Å²) in [5.74, 6) is -0.882. The second kappa shape index (κ2) is 4.68. The first kappa shape index (κ1) is 12.4. The average Bonchev–Trinajstić information content (AvgIpc) is 2.41. The monoisotopic (exact) mass is 248 g/mol. The van der Waals surface area contributed by atoms with Crippen LogP contribution in [0.4, 0.5) is 11.4 Å². The lowest BCUT2D eigenvalue weighted by Gasteiger charge is -2.24. The Morgan fingerprint density at radius 2 is 2.11 bits per heavy atom. The topological polar surface area (TPSA) is 60.9 Å². The van der Waals surface area contributed by atoms with Gasteiger partial charge in [-0.15, -0.1) is 0 Å². The number of aliphatic carboxylic acids is 1. The molecule has 5 heteroatoms. The SMILES string of the molecule is Cc1ccc2c(c1)N(CC(=O)O)CCC(=O)N2C. The molecule has 0 unspecified atom stereocenters. The molecule has 0 atom stereocenters. The molecule has 0 saturated heterocycles. The Hall–Kier alpha value is -2.04. The second-order valence-electron chi connectivity index (χ2n) is 4.51. The van der Waals surface area contributed by atoms with E-state index in [0.717, 1.165) is 16.9 Å². The van der Waals surface area contributed by atoms with Crippen LogP contribution in [0.15, 0.2) is 18.2 Å². The molecule has 0 aliphatic carbocycles. The van der Waals surface area contributed by atoms with E-state index in [-0.39, 0.29) is 12.5 Å². The standard InChI is InChI=1S/C13H16N2O3/c1-9-3-4-10-11(7-9)15(8-13(17)18)6-5-12(16)14(10)2/h3-4,7H,5-6,8H2,1-2H3,(H,17,18). The molecule has 1 aromatic rings. The highest BCUT2D eigenvalue weighted by Gasteiger charge is 2.24. The molecule has 5 nitrogen and oxygen atoms in total. The van der Waals surface area contributed by atoms with E-state index in [0.29, 0.717) is 13.0 Å². The van der Waals surface area contributed by atoms with E-state index in [9.17, 15) is 9.59 Å². The number of amides is 1. The molecule has 1 amide bonds. The number of carbonyl (C=O) groups excluding carboxylic acids is 1. The van der Waals surface area contributed by atoms with Gasteiger partial charge in [-0.3, -0.25) is 9.59 Å². The van der Waals surface area contributed by atoms with Crippen LogP contribution in [-0.4, -0.2) is 37.1 Å². The first-order valence-electron chi connectivity index (χ1n) is 5.83. The Balaban J connectivity index is 2.47. The highest BCUT2D eigenvalue weighted by molar-refractivity contribution is 5.98. The summed E-state index contributed by atoms with van der Waals surface area (Å²) in [6.45, 7) is 2.30. The number of carbonyl (C=O) groups is 2. The highest BCUT2D eigenvalue weighted by Crippen LogP contribution is 2.32. The summed E-state index contributed by atoms with van der Waals surface area (Å²) >= 11 is 0. The Morgan fingerprint density at radius 3 is 2.78 bits per heavy atom. The van der Waals surface area contributed by atoms with Crippen LogP contribution >= 0.6 is 0 Å². The summed E-state index contributed by atoms with van der Waals surface area (Å²) in [4.78, 5) is 26.1. The molecule has 0 saturated carbocycles. The predicted molar refractivity (Wildman–Crippen MR) is 69.1 cm³/mol. The third kappa shape index (κ3) is 2.30. The highest BCUT2D eigenvalue weighted by atomic mass is 16.4. The molecule has 0 bridgehead atoms. The van der Waals surface area contributed by atoms with Crippen LogP contribution in [0.5, 0.6) is 0 Å². The number of carboxylic acid groups (broad SMARTS) is 1. The van der Waals surface area contributed by atoms with Crippen LogP contribution in [-0.2, 0) is 9.59 Å². The fourth-order valence-corrected chi connectivity index (χ4v) is 2.15.